The molecule has 0 aliphatic carbocycles. The van der Waals surface area contributed by atoms with Crippen LogP contribution in [-0.2, 0) is 21.2 Å². The van der Waals surface area contributed by atoms with Crippen molar-refractivity contribution in [3.8, 4) is 0 Å². The zero-order valence-electron chi connectivity index (χ0n) is 14.7. The summed E-state index contributed by atoms with van der Waals surface area (Å²) in [4.78, 5) is 12.7. The summed E-state index contributed by atoms with van der Waals surface area (Å²) in [6.07, 6.45) is 0.518. The molecule has 1 aliphatic heterocycles. The number of halogens is 2. The third-order valence-corrected chi connectivity index (χ3v) is 7.09. The second kappa shape index (κ2) is 7.28. The summed E-state index contributed by atoms with van der Waals surface area (Å²) in [5.41, 5.74) is 1.39. The average molecular weight is 435 g/mol. The molecule has 0 saturated heterocycles. The largest absolute Gasteiger partial charge is 0.354 e. The molecule has 3 aromatic rings. The van der Waals surface area contributed by atoms with E-state index in [4.69, 9.17) is 23.2 Å². The van der Waals surface area contributed by atoms with Crippen molar-refractivity contribution in [2.45, 2.75) is 11.3 Å². The van der Waals surface area contributed by atoms with Crippen LogP contribution in [0.4, 0.5) is 5.69 Å². The Morgan fingerprint density at radius 3 is 2.54 bits per heavy atom. The minimum Gasteiger partial charge on any atom is -0.354 e. The van der Waals surface area contributed by atoms with Gasteiger partial charge in [0.05, 0.1) is 10.6 Å². The van der Waals surface area contributed by atoms with Crippen molar-refractivity contribution in [1.82, 2.24) is 5.32 Å². The fourth-order valence-electron chi connectivity index (χ4n) is 3.38. The monoisotopic (exact) mass is 434 g/mol. The fourth-order valence-corrected chi connectivity index (χ4v) is 5.55. The van der Waals surface area contributed by atoms with E-state index in [1.54, 1.807) is 42.5 Å². The number of carbonyl (C=O) groups is 1. The number of benzene rings is 3. The van der Waals surface area contributed by atoms with Crippen LogP contribution in [0.2, 0.25) is 10.0 Å². The van der Waals surface area contributed by atoms with Crippen LogP contribution in [0.5, 0.6) is 0 Å². The van der Waals surface area contributed by atoms with E-state index in [1.165, 1.54) is 0 Å². The van der Waals surface area contributed by atoms with Crippen molar-refractivity contribution in [2.75, 3.05) is 17.4 Å². The lowest BCUT2D eigenvalue weighted by molar-refractivity contribution is -0.119. The quantitative estimate of drug-likeness (QED) is 0.659. The van der Waals surface area contributed by atoms with Gasteiger partial charge in [-0.25, -0.2) is 8.42 Å². The van der Waals surface area contributed by atoms with Crippen molar-refractivity contribution in [3.63, 3.8) is 0 Å². The number of sulfonamides is 1. The van der Waals surface area contributed by atoms with E-state index in [0.29, 0.717) is 34.1 Å². The molecule has 1 aliphatic rings. The molecule has 8 heteroatoms. The summed E-state index contributed by atoms with van der Waals surface area (Å²) in [6, 6.07) is 15.7. The van der Waals surface area contributed by atoms with Gasteiger partial charge in [0.25, 0.3) is 10.0 Å². The van der Waals surface area contributed by atoms with Gasteiger partial charge in [-0.15, -0.1) is 0 Å². The summed E-state index contributed by atoms with van der Waals surface area (Å²) in [7, 11) is -3.75. The molecule has 0 aromatic heterocycles. The highest BCUT2D eigenvalue weighted by Crippen LogP contribution is 2.41. The normalized spacial score (nSPS) is 14.4. The summed E-state index contributed by atoms with van der Waals surface area (Å²) >= 11 is 12.0. The highest BCUT2D eigenvalue weighted by molar-refractivity contribution is 7.93. The van der Waals surface area contributed by atoms with Crippen molar-refractivity contribution >= 4 is 55.6 Å². The van der Waals surface area contributed by atoms with E-state index in [0.717, 1.165) is 15.3 Å². The first-order valence-electron chi connectivity index (χ1n) is 8.63. The molecule has 5 nitrogen and oxygen atoms in total. The first kappa shape index (κ1) is 19.1. The molecular weight excluding hydrogens is 419 g/mol. The summed E-state index contributed by atoms with van der Waals surface area (Å²) in [6.45, 7) is 0.0652. The molecule has 0 atom stereocenters. The van der Waals surface area contributed by atoms with Gasteiger partial charge in [-0.1, -0.05) is 53.5 Å². The molecule has 3 aromatic carbocycles. The zero-order chi connectivity index (χ0) is 19.9. The first-order chi connectivity index (χ1) is 13.4. The minimum absolute atomic E-state index is 0.237. The lowest BCUT2D eigenvalue weighted by Crippen LogP contribution is -2.39. The van der Waals surface area contributed by atoms with E-state index >= 15 is 0 Å². The molecule has 1 heterocycles. The maximum Gasteiger partial charge on any atom is 0.265 e. The second-order valence-electron chi connectivity index (χ2n) is 6.48. The van der Waals surface area contributed by atoms with Gasteiger partial charge in [0.2, 0.25) is 5.91 Å². The third kappa shape index (κ3) is 3.32. The predicted octanol–water partition coefficient (Wildman–Crippen LogP) is 4.01. The average Bonchev–Trinajstić information content (AvgIpc) is 2.87. The van der Waals surface area contributed by atoms with E-state index in [9.17, 15) is 13.2 Å². The topological polar surface area (TPSA) is 66.5 Å². The number of carbonyl (C=O) groups excluding carboxylic acids is 1. The van der Waals surface area contributed by atoms with Crippen LogP contribution in [0.25, 0.3) is 10.8 Å². The van der Waals surface area contributed by atoms with Crippen LogP contribution < -0.4 is 9.62 Å². The molecule has 0 saturated carbocycles. The standard InChI is InChI=1S/C20H16Cl2N2O3S/c21-15-8-7-13(16(22)11-15)9-10-23-19(25)12-24-17-5-1-3-14-4-2-6-18(20(14)17)28(24,26)27/h1-8,11H,9-10,12H2,(H,23,25). The second-order valence-corrected chi connectivity index (χ2v) is 9.15. The molecule has 0 fully saturated rings. The third-order valence-electron chi connectivity index (χ3n) is 4.70. The lowest BCUT2D eigenvalue weighted by Gasteiger charge is -2.18. The number of hydrogen-bond donors (Lipinski definition) is 1. The lowest BCUT2D eigenvalue weighted by atomic mass is 10.1. The number of hydrogen-bond acceptors (Lipinski definition) is 3. The summed E-state index contributed by atoms with van der Waals surface area (Å²) in [5, 5.41) is 5.33. The molecule has 0 bridgehead atoms. The van der Waals surface area contributed by atoms with Crippen molar-refractivity contribution in [2.24, 2.45) is 0 Å². The van der Waals surface area contributed by atoms with Gasteiger partial charge in [0, 0.05) is 22.0 Å². The first-order valence-corrected chi connectivity index (χ1v) is 10.8. The maximum atomic E-state index is 12.9. The summed E-state index contributed by atoms with van der Waals surface area (Å²) in [5.74, 6) is -0.376. The Hall–Kier alpha value is -2.28. The molecule has 0 unspecified atom stereocenters. The Balaban J connectivity index is 1.47. The minimum atomic E-state index is -3.75. The van der Waals surface area contributed by atoms with Crippen LogP contribution in [0.1, 0.15) is 5.56 Å². The number of rotatable bonds is 5. The van der Waals surface area contributed by atoms with Crippen LogP contribution >= 0.6 is 23.2 Å². The van der Waals surface area contributed by atoms with Gasteiger partial charge >= 0.3 is 0 Å². The van der Waals surface area contributed by atoms with Crippen LogP contribution in [0.15, 0.2) is 59.5 Å². The Bertz CT molecular complexity index is 1190. The number of amides is 1. The molecular formula is C20H16Cl2N2O3S. The smallest absolute Gasteiger partial charge is 0.265 e. The Morgan fingerprint density at radius 2 is 1.79 bits per heavy atom. The molecule has 4 rings (SSSR count). The summed E-state index contributed by atoms with van der Waals surface area (Å²) < 4.78 is 26.9. The molecule has 1 amide bonds. The van der Waals surface area contributed by atoms with Crippen LogP contribution in [0.3, 0.4) is 0 Å². The van der Waals surface area contributed by atoms with E-state index in [2.05, 4.69) is 5.32 Å². The van der Waals surface area contributed by atoms with E-state index in [1.807, 2.05) is 12.1 Å². The fraction of sp³-hybridized carbons (Fsp3) is 0.150. The number of nitrogens with zero attached hydrogens (tertiary/aromatic N) is 1. The van der Waals surface area contributed by atoms with Crippen LogP contribution in [-0.4, -0.2) is 27.4 Å². The molecule has 1 N–H and O–H groups in total. The van der Waals surface area contributed by atoms with Crippen molar-refractivity contribution in [1.29, 1.82) is 0 Å². The number of nitrogens with one attached hydrogen (secondary N) is 1. The molecule has 0 spiro atoms. The van der Waals surface area contributed by atoms with E-state index in [-0.39, 0.29) is 17.3 Å². The Labute approximate surface area is 172 Å². The van der Waals surface area contributed by atoms with E-state index < -0.39 is 10.0 Å². The predicted molar refractivity (Wildman–Crippen MR) is 112 cm³/mol. The molecule has 28 heavy (non-hydrogen) atoms. The van der Waals surface area contributed by atoms with Crippen molar-refractivity contribution in [3.05, 3.63) is 70.2 Å². The number of anilines is 1. The van der Waals surface area contributed by atoms with Gasteiger partial charge in [-0.05, 0) is 41.6 Å². The van der Waals surface area contributed by atoms with Gasteiger partial charge in [0.1, 0.15) is 6.54 Å². The zero-order valence-corrected chi connectivity index (χ0v) is 17.0. The SMILES string of the molecule is O=C(CN1c2cccc3cccc(c23)S1(=O)=O)NCCc1ccc(Cl)cc1Cl. The van der Waals surface area contributed by atoms with Gasteiger partial charge in [-0.3, -0.25) is 9.10 Å². The van der Waals surface area contributed by atoms with Gasteiger partial charge < -0.3 is 5.32 Å². The van der Waals surface area contributed by atoms with Crippen LogP contribution in [0, 0.1) is 0 Å². The highest BCUT2D eigenvalue weighted by Gasteiger charge is 2.36. The highest BCUT2D eigenvalue weighted by atomic mass is 35.5. The maximum absolute atomic E-state index is 12.9. The molecule has 144 valence electrons. The Kier molecular flexibility index (Phi) is 4.95. The van der Waals surface area contributed by atoms with Crippen molar-refractivity contribution < 1.29 is 13.2 Å². The van der Waals surface area contributed by atoms with Gasteiger partial charge in [-0.2, -0.15) is 0 Å². The molecule has 0 radical (unpaired) electrons. The Morgan fingerprint density at radius 1 is 1.04 bits per heavy atom. The van der Waals surface area contributed by atoms with Gasteiger partial charge in [0.15, 0.2) is 0 Å².